The van der Waals surface area contributed by atoms with E-state index < -0.39 is 0 Å². The Morgan fingerprint density at radius 3 is 2.56 bits per heavy atom. The number of hydrogen-bond donors (Lipinski definition) is 0. The van der Waals surface area contributed by atoms with E-state index in [0.717, 1.165) is 54.7 Å². The molecule has 0 bridgehead atoms. The molecule has 0 aromatic heterocycles. The molecule has 0 saturated carbocycles. The Bertz CT molecular complexity index is 369. The van der Waals surface area contributed by atoms with Crippen LogP contribution in [0.5, 0.6) is 0 Å². The molecule has 100 valence electrons. The van der Waals surface area contributed by atoms with E-state index in [1.165, 1.54) is 0 Å². The van der Waals surface area contributed by atoms with Crippen LogP contribution in [0.2, 0.25) is 0 Å². The third-order valence-electron chi connectivity index (χ3n) is 3.46. The van der Waals surface area contributed by atoms with Crippen LogP contribution in [0.25, 0.3) is 0 Å². The predicted molar refractivity (Wildman–Crippen MR) is 81.4 cm³/mol. The van der Waals surface area contributed by atoms with Gasteiger partial charge in [0, 0.05) is 29.7 Å². The highest BCUT2D eigenvalue weighted by Gasteiger charge is 2.12. The number of piperazine rings is 1. The van der Waals surface area contributed by atoms with Crippen molar-refractivity contribution in [2.75, 3.05) is 39.8 Å². The smallest absolute Gasteiger partial charge is 0.124 e. The SMILES string of the molecule is CN1CCN(CCCc2cc(F)cc(I)c2)CC1. The molecule has 0 atom stereocenters. The van der Waals surface area contributed by atoms with Crippen LogP contribution < -0.4 is 0 Å². The average Bonchev–Trinajstić information content (AvgIpc) is 2.30. The topological polar surface area (TPSA) is 6.48 Å². The molecular formula is C14H20FIN2. The second-order valence-electron chi connectivity index (χ2n) is 5.03. The molecule has 1 heterocycles. The minimum Gasteiger partial charge on any atom is -0.304 e. The summed E-state index contributed by atoms with van der Waals surface area (Å²) in [6.45, 7) is 5.78. The number of rotatable bonds is 4. The Morgan fingerprint density at radius 2 is 1.89 bits per heavy atom. The third-order valence-corrected chi connectivity index (χ3v) is 4.08. The van der Waals surface area contributed by atoms with Crippen molar-refractivity contribution in [2.45, 2.75) is 12.8 Å². The van der Waals surface area contributed by atoms with Gasteiger partial charge in [-0.3, -0.25) is 0 Å². The molecule has 2 nitrogen and oxygen atoms in total. The number of hydrogen-bond acceptors (Lipinski definition) is 2. The Balaban J connectivity index is 1.74. The van der Waals surface area contributed by atoms with E-state index in [9.17, 15) is 4.39 Å². The van der Waals surface area contributed by atoms with Crippen LogP contribution in [0.15, 0.2) is 18.2 Å². The molecule has 1 aromatic rings. The maximum Gasteiger partial charge on any atom is 0.124 e. The van der Waals surface area contributed by atoms with Crippen molar-refractivity contribution in [3.05, 3.63) is 33.1 Å². The highest BCUT2D eigenvalue weighted by molar-refractivity contribution is 14.1. The highest BCUT2D eigenvalue weighted by atomic mass is 127. The quantitative estimate of drug-likeness (QED) is 0.760. The summed E-state index contributed by atoms with van der Waals surface area (Å²) in [6, 6.07) is 5.31. The lowest BCUT2D eigenvalue weighted by Gasteiger charge is -2.32. The van der Waals surface area contributed by atoms with Crippen molar-refractivity contribution in [3.63, 3.8) is 0 Å². The number of nitrogens with zero attached hydrogens (tertiary/aromatic N) is 2. The van der Waals surface area contributed by atoms with E-state index in [-0.39, 0.29) is 5.82 Å². The minimum absolute atomic E-state index is 0.114. The molecule has 0 aliphatic carbocycles. The van der Waals surface area contributed by atoms with Crippen LogP contribution in [0.4, 0.5) is 4.39 Å². The van der Waals surface area contributed by atoms with Gasteiger partial charge in [-0.1, -0.05) is 0 Å². The molecule has 1 fully saturated rings. The zero-order valence-corrected chi connectivity index (χ0v) is 13.0. The molecule has 18 heavy (non-hydrogen) atoms. The zero-order valence-electron chi connectivity index (χ0n) is 10.8. The summed E-state index contributed by atoms with van der Waals surface area (Å²) in [7, 11) is 2.17. The Morgan fingerprint density at radius 1 is 1.17 bits per heavy atom. The van der Waals surface area contributed by atoms with Crippen molar-refractivity contribution < 1.29 is 4.39 Å². The predicted octanol–water partition coefficient (Wildman–Crippen LogP) is 2.61. The first-order chi connectivity index (χ1) is 8.63. The Labute approximate surface area is 122 Å². The van der Waals surface area contributed by atoms with E-state index >= 15 is 0 Å². The normalized spacial score (nSPS) is 18.2. The lowest BCUT2D eigenvalue weighted by molar-refractivity contribution is 0.153. The average molecular weight is 362 g/mol. The third kappa shape index (κ3) is 4.48. The summed E-state index contributed by atoms with van der Waals surface area (Å²) in [5, 5.41) is 0. The Hall–Kier alpha value is -0.200. The molecule has 0 amide bonds. The molecule has 2 rings (SSSR count). The fraction of sp³-hybridized carbons (Fsp3) is 0.571. The van der Waals surface area contributed by atoms with E-state index in [1.54, 1.807) is 12.1 Å². The van der Waals surface area contributed by atoms with Crippen molar-refractivity contribution in [1.82, 2.24) is 9.80 Å². The molecule has 0 spiro atoms. The van der Waals surface area contributed by atoms with E-state index in [1.807, 2.05) is 0 Å². The molecule has 1 aromatic carbocycles. The highest BCUT2D eigenvalue weighted by Crippen LogP contribution is 2.13. The van der Waals surface area contributed by atoms with Gasteiger partial charge in [0.25, 0.3) is 0 Å². The van der Waals surface area contributed by atoms with Crippen molar-refractivity contribution >= 4 is 22.6 Å². The molecule has 1 aliphatic rings. The van der Waals surface area contributed by atoms with Crippen LogP contribution in [0.1, 0.15) is 12.0 Å². The molecule has 0 unspecified atom stereocenters. The van der Waals surface area contributed by atoms with Crippen LogP contribution in [0.3, 0.4) is 0 Å². The van der Waals surface area contributed by atoms with Gasteiger partial charge in [-0.05, 0) is 72.8 Å². The van der Waals surface area contributed by atoms with Crippen LogP contribution in [-0.2, 0) is 6.42 Å². The van der Waals surface area contributed by atoms with Crippen molar-refractivity contribution in [2.24, 2.45) is 0 Å². The van der Waals surface area contributed by atoms with Gasteiger partial charge in [-0.15, -0.1) is 0 Å². The molecule has 1 aliphatic heterocycles. The summed E-state index contributed by atoms with van der Waals surface area (Å²) >= 11 is 2.17. The number of aryl methyl sites for hydroxylation is 1. The second-order valence-corrected chi connectivity index (χ2v) is 6.27. The van der Waals surface area contributed by atoms with Gasteiger partial charge in [-0.2, -0.15) is 0 Å². The molecule has 1 saturated heterocycles. The standard InChI is InChI=1S/C14H20FIN2/c1-17-5-7-18(8-6-17)4-2-3-12-9-13(15)11-14(16)10-12/h9-11H,2-8H2,1H3. The summed E-state index contributed by atoms with van der Waals surface area (Å²) < 4.78 is 14.2. The van der Waals surface area contributed by atoms with Crippen molar-refractivity contribution in [1.29, 1.82) is 0 Å². The van der Waals surface area contributed by atoms with Gasteiger partial charge < -0.3 is 9.80 Å². The van der Waals surface area contributed by atoms with Gasteiger partial charge in [0.1, 0.15) is 5.82 Å². The minimum atomic E-state index is -0.114. The van der Waals surface area contributed by atoms with Crippen molar-refractivity contribution in [3.8, 4) is 0 Å². The molecule has 0 radical (unpaired) electrons. The first kappa shape index (κ1) is 14.2. The largest absolute Gasteiger partial charge is 0.304 e. The monoisotopic (exact) mass is 362 g/mol. The molecular weight excluding hydrogens is 342 g/mol. The fourth-order valence-corrected chi connectivity index (χ4v) is 3.03. The zero-order chi connectivity index (χ0) is 13.0. The first-order valence-corrected chi connectivity index (χ1v) is 7.57. The lowest BCUT2D eigenvalue weighted by atomic mass is 10.1. The number of halogens is 2. The van der Waals surface area contributed by atoms with E-state index in [4.69, 9.17) is 0 Å². The van der Waals surface area contributed by atoms with Crippen LogP contribution in [0, 0.1) is 9.39 Å². The molecule has 0 N–H and O–H groups in total. The summed E-state index contributed by atoms with van der Waals surface area (Å²) in [5.74, 6) is -0.114. The maximum atomic E-state index is 13.2. The van der Waals surface area contributed by atoms with Gasteiger partial charge in [0.15, 0.2) is 0 Å². The lowest BCUT2D eigenvalue weighted by Crippen LogP contribution is -2.44. The second kappa shape index (κ2) is 6.82. The van der Waals surface area contributed by atoms with Gasteiger partial charge in [0.2, 0.25) is 0 Å². The Kier molecular flexibility index (Phi) is 5.38. The first-order valence-electron chi connectivity index (χ1n) is 6.49. The number of likely N-dealkylation sites (N-methyl/N-ethyl adjacent to an activating group) is 1. The fourth-order valence-electron chi connectivity index (χ4n) is 2.33. The van der Waals surface area contributed by atoms with E-state index in [2.05, 4.69) is 45.5 Å². The van der Waals surface area contributed by atoms with Gasteiger partial charge in [-0.25, -0.2) is 4.39 Å². The summed E-state index contributed by atoms with van der Waals surface area (Å²) in [5.41, 5.74) is 1.12. The van der Waals surface area contributed by atoms with E-state index in [0.29, 0.717) is 0 Å². The maximum absolute atomic E-state index is 13.2. The molecule has 4 heteroatoms. The van der Waals surface area contributed by atoms with Gasteiger partial charge >= 0.3 is 0 Å². The van der Waals surface area contributed by atoms with Gasteiger partial charge in [0.05, 0.1) is 0 Å². The number of benzene rings is 1. The summed E-state index contributed by atoms with van der Waals surface area (Å²) in [4.78, 5) is 4.87. The van der Waals surface area contributed by atoms with Crippen LogP contribution in [-0.4, -0.2) is 49.6 Å². The summed E-state index contributed by atoms with van der Waals surface area (Å²) in [6.07, 6.45) is 2.09. The van der Waals surface area contributed by atoms with Crippen LogP contribution >= 0.6 is 22.6 Å².